The highest BCUT2D eigenvalue weighted by atomic mass is 32.2. The number of hydrogen-bond acceptors (Lipinski definition) is 4. The smallest absolute Gasteiger partial charge is 0.394 e. The molecule has 0 spiro atoms. The van der Waals surface area contributed by atoms with E-state index in [9.17, 15) is 18.3 Å². The Bertz CT molecular complexity index is 584. The number of benzene rings is 1. The normalized spacial score (nSPS) is 13.4. The molecular weight excluding hydrogens is 305 g/mol. The third-order valence-electron chi connectivity index (χ3n) is 2.70. The van der Waals surface area contributed by atoms with Crippen LogP contribution in [0, 0.1) is 0 Å². The number of alkyl halides is 3. The molecule has 8 heteroatoms. The van der Waals surface area contributed by atoms with Gasteiger partial charge in [0.1, 0.15) is 0 Å². The predicted octanol–water partition coefficient (Wildman–Crippen LogP) is 2.34. The monoisotopic (exact) mass is 318 g/mol. The van der Waals surface area contributed by atoms with Crippen LogP contribution in [0.2, 0.25) is 0 Å². The lowest BCUT2D eigenvalue weighted by Gasteiger charge is -2.11. The van der Waals surface area contributed by atoms with Crippen molar-refractivity contribution in [3.8, 4) is 5.69 Å². The van der Waals surface area contributed by atoms with E-state index in [0.29, 0.717) is 10.8 Å². The summed E-state index contributed by atoms with van der Waals surface area (Å²) in [6, 6.07) is 4.73. The van der Waals surface area contributed by atoms with Gasteiger partial charge in [0.05, 0.1) is 18.3 Å². The zero-order valence-electron chi connectivity index (χ0n) is 10.8. The van der Waals surface area contributed by atoms with Gasteiger partial charge in [-0.3, -0.25) is 4.57 Å². The van der Waals surface area contributed by atoms with Crippen molar-refractivity contribution < 1.29 is 23.4 Å². The molecule has 21 heavy (non-hydrogen) atoms. The lowest BCUT2D eigenvalue weighted by Crippen LogP contribution is -2.15. The molecule has 2 N–H and O–H groups in total. The van der Waals surface area contributed by atoms with Crippen molar-refractivity contribution in [1.82, 2.24) is 9.55 Å². The van der Waals surface area contributed by atoms with Crippen LogP contribution in [0.3, 0.4) is 0 Å². The topological polar surface area (TPSA) is 58.3 Å². The first-order valence-corrected chi connectivity index (χ1v) is 7.03. The predicted molar refractivity (Wildman–Crippen MR) is 72.4 cm³/mol. The molecule has 1 aromatic carbocycles. The number of rotatable bonds is 5. The van der Waals surface area contributed by atoms with E-state index in [1.54, 1.807) is 10.8 Å². The van der Waals surface area contributed by atoms with Gasteiger partial charge in [-0.2, -0.15) is 13.2 Å². The van der Waals surface area contributed by atoms with E-state index >= 15 is 0 Å². The summed E-state index contributed by atoms with van der Waals surface area (Å²) in [6.45, 7) is -0.353. The Kier molecular flexibility index (Phi) is 4.92. The van der Waals surface area contributed by atoms with E-state index < -0.39 is 17.8 Å². The Labute approximate surface area is 123 Å². The molecule has 0 saturated carbocycles. The lowest BCUT2D eigenvalue weighted by molar-refractivity contribution is -0.137. The van der Waals surface area contributed by atoms with Gasteiger partial charge in [-0.15, -0.1) is 0 Å². The molecule has 0 saturated heterocycles. The van der Waals surface area contributed by atoms with Crippen molar-refractivity contribution in [2.45, 2.75) is 17.4 Å². The maximum Gasteiger partial charge on any atom is 0.416 e. The summed E-state index contributed by atoms with van der Waals surface area (Å²) in [7, 11) is 0. The molecule has 1 aromatic heterocycles. The van der Waals surface area contributed by atoms with Gasteiger partial charge in [0.25, 0.3) is 0 Å². The van der Waals surface area contributed by atoms with E-state index in [4.69, 9.17) is 5.11 Å². The van der Waals surface area contributed by atoms with E-state index in [0.717, 1.165) is 12.1 Å². The van der Waals surface area contributed by atoms with Crippen LogP contribution in [0.5, 0.6) is 0 Å². The summed E-state index contributed by atoms with van der Waals surface area (Å²) in [6.07, 6.45) is -2.09. The van der Waals surface area contributed by atoms with Gasteiger partial charge < -0.3 is 10.2 Å². The molecule has 114 valence electrons. The molecule has 0 aliphatic rings. The molecule has 0 aliphatic carbocycles. The summed E-state index contributed by atoms with van der Waals surface area (Å²) >= 11 is 1.21. The van der Waals surface area contributed by atoms with Crippen molar-refractivity contribution in [3.63, 3.8) is 0 Å². The number of aliphatic hydroxyl groups is 2. The molecule has 2 aromatic rings. The lowest BCUT2D eigenvalue weighted by atomic mass is 10.2. The van der Waals surface area contributed by atoms with Gasteiger partial charge in [0.15, 0.2) is 5.16 Å². The zero-order valence-corrected chi connectivity index (χ0v) is 11.6. The summed E-state index contributed by atoms with van der Waals surface area (Å²) < 4.78 is 39.2. The van der Waals surface area contributed by atoms with E-state index in [1.807, 2.05) is 0 Å². The van der Waals surface area contributed by atoms with Crippen LogP contribution in [-0.2, 0) is 6.18 Å². The Balaban J connectivity index is 2.17. The first-order valence-electron chi connectivity index (χ1n) is 6.04. The fraction of sp³-hybridized carbons (Fsp3) is 0.308. The molecule has 0 bridgehead atoms. The molecule has 1 heterocycles. The van der Waals surface area contributed by atoms with Gasteiger partial charge in [-0.25, -0.2) is 4.98 Å². The maximum absolute atomic E-state index is 12.5. The fourth-order valence-corrected chi connectivity index (χ4v) is 2.52. The van der Waals surface area contributed by atoms with Crippen LogP contribution in [0.25, 0.3) is 5.69 Å². The van der Waals surface area contributed by atoms with E-state index in [2.05, 4.69) is 4.98 Å². The van der Waals surface area contributed by atoms with Gasteiger partial charge in [-0.1, -0.05) is 11.8 Å². The number of hydrogen-bond donors (Lipinski definition) is 2. The van der Waals surface area contributed by atoms with Crippen LogP contribution < -0.4 is 0 Å². The second-order valence-electron chi connectivity index (χ2n) is 4.27. The molecule has 2 rings (SSSR count). The van der Waals surface area contributed by atoms with Gasteiger partial charge in [0, 0.05) is 23.8 Å². The van der Waals surface area contributed by atoms with Gasteiger partial charge >= 0.3 is 6.18 Å². The number of imidazole rings is 1. The number of aliphatic hydroxyl groups excluding tert-OH is 2. The Morgan fingerprint density at radius 2 is 1.90 bits per heavy atom. The van der Waals surface area contributed by atoms with Crippen LogP contribution >= 0.6 is 11.8 Å². The van der Waals surface area contributed by atoms with Crippen LogP contribution in [-0.4, -0.2) is 38.2 Å². The highest BCUT2D eigenvalue weighted by Gasteiger charge is 2.30. The quantitative estimate of drug-likeness (QED) is 0.831. The average Bonchev–Trinajstić information content (AvgIpc) is 2.92. The van der Waals surface area contributed by atoms with Crippen molar-refractivity contribution in [1.29, 1.82) is 0 Å². The third-order valence-corrected chi connectivity index (χ3v) is 3.81. The fourth-order valence-electron chi connectivity index (χ4n) is 1.63. The van der Waals surface area contributed by atoms with E-state index in [1.165, 1.54) is 30.1 Å². The molecule has 0 aliphatic heterocycles. The summed E-state index contributed by atoms with van der Waals surface area (Å²) in [5.74, 6) is 0.244. The molecule has 0 amide bonds. The summed E-state index contributed by atoms with van der Waals surface area (Å²) in [5.41, 5.74) is -0.169. The first kappa shape index (κ1) is 15.9. The molecule has 0 radical (unpaired) electrons. The third kappa shape index (κ3) is 3.99. The molecular formula is C13H13F3N2O2S. The highest BCUT2D eigenvalue weighted by molar-refractivity contribution is 7.99. The summed E-state index contributed by atoms with van der Waals surface area (Å²) in [5, 5.41) is 18.6. The van der Waals surface area contributed by atoms with Crippen molar-refractivity contribution in [3.05, 3.63) is 42.2 Å². The minimum absolute atomic E-state index is 0.244. The van der Waals surface area contributed by atoms with E-state index in [-0.39, 0.29) is 12.4 Å². The van der Waals surface area contributed by atoms with Crippen molar-refractivity contribution in [2.24, 2.45) is 0 Å². The van der Waals surface area contributed by atoms with Crippen LogP contribution in [0.4, 0.5) is 13.2 Å². The molecule has 1 unspecified atom stereocenters. The minimum atomic E-state index is -4.36. The Morgan fingerprint density at radius 1 is 1.24 bits per heavy atom. The average molecular weight is 318 g/mol. The largest absolute Gasteiger partial charge is 0.416 e. The number of thioether (sulfide) groups is 1. The van der Waals surface area contributed by atoms with Gasteiger partial charge in [-0.05, 0) is 24.3 Å². The first-order chi connectivity index (χ1) is 9.91. The maximum atomic E-state index is 12.5. The molecule has 4 nitrogen and oxygen atoms in total. The second-order valence-corrected chi connectivity index (χ2v) is 5.26. The second kappa shape index (κ2) is 6.50. The number of aromatic nitrogens is 2. The standard InChI is InChI=1S/C13H13F3N2O2S/c14-13(15,16)9-1-3-10(4-2-9)18-6-5-17-12(18)21-8-11(20)7-19/h1-6,11,19-20H,7-8H2. The molecule has 0 fully saturated rings. The zero-order chi connectivity index (χ0) is 15.5. The van der Waals surface area contributed by atoms with Gasteiger partial charge in [0.2, 0.25) is 0 Å². The number of nitrogens with zero attached hydrogens (tertiary/aromatic N) is 2. The SMILES string of the molecule is OCC(O)CSc1nccn1-c1ccc(C(F)(F)F)cc1. The number of halogens is 3. The minimum Gasteiger partial charge on any atom is -0.394 e. The Hall–Kier alpha value is -1.51. The van der Waals surface area contributed by atoms with Crippen molar-refractivity contribution in [2.75, 3.05) is 12.4 Å². The van der Waals surface area contributed by atoms with Crippen molar-refractivity contribution >= 4 is 11.8 Å². The summed E-state index contributed by atoms with van der Waals surface area (Å²) in [4.78, 5) is 4.08. The van der Waals surface area contributed by atoms with Crippen LogP contribution in [0.1, 0.15) is 5.56 Å². The highest BCUT2D eigenvalue weighted by Crippen LogP contribution is 2.30. The molecule has 1 atom stereocenters. The van der Waals surface area contributed by atoms with Crippen LogP contribution in [0.15, 0.2) is 41.8 Å². The Morgan fingerprint density at radius 3 is 2.48 bits per heavy atom.